The summed E-state index contributed by atoms with van der Waals surface area (Å²) in [7, 11) is 0. The average Bonchev–Trinajstić information content (AvgIpc) is 3.04. The molecular formula is C17H22N2O2. The van der Waals surface area contributed by atoms with Crippen molar-refractivity contribution in [3.8, 4) is 0 Å². The first kappa shape index (κ1) is 14.3. The molecule has 1 aromatic carbocycles. The van der Waals surface area contributed by atoms with Gasteiger partial charge in [0.2, 0.25) is 11.8 Å². The smallest absolute Gasteiger partial charge is 0.237 e. The van der Waals surface area contributed by atoms with Crippen molar-refractivity contribution in [2.24, 2.45) is 11.8 Å². The minimum Gasteiger partial charge on any atom is -0.310 e. The maximum atomic E-state index is 12.5. The summed E-state index contributed by atoms with van der Waals surface area (Å²) in [6.45, 7) is 5.04. The Balaban J connectivity index is 1.89. The summed E-state index contributed by atoms with van der Waals surface area (Å²) in [5, 5.41) is 3.35. The Bertz CT molecular complexity index is 548. The van der Waals surface area contributed by atoms with Gasteiger partial charge in [-0.1, -0.05) is 25.5 Å². The van der Waals surface area contributed by atoms with E-state index in [0.29, 0.717) is 0 Å². The van der Waals surface area contributed by atoms with E-state index in [9.17, 15) is 9.59 Å². The molecule has 2 aliphatic rings. The molecule has 112 valence electrons. The van der Waals surface area contributed by atoms with Crippen LogP contribution in [0.5, 0.6) is 0 Å². The summed E-state index contributed by atoms with van der Waals surface area (Å²) >= 11 is 0. The fourth-order valence-electron chi connectivity index (χ4n) is 3.60. The van der Waals surface area contributed by atoms with Crippen molar-refractivity contribution in [2.45, 2.75) is 39.2 Å². The van der Waals surface area contributed by atoms with E-state index in [2.05, 4.69) is 19.2 Å². The lowest BCUT2D eigenvalue weighted by molar-refractivity contribution is -0.122. The number of carbonyl (C=O) groups is 2. The van der Waals surface area contributed by atoms with Gasteiger partial charge in [-0.2, -0.15) is 0 Å². The topological polar surface area (TPSA) is 49.4 Å². The molecule has 1 aliphatic heterocycles. The molecule has 1 saturated carbocycles. The third-order valence-electron chi connectivity index (χ3n) is 4.73. The minimum absolute atomic E-state index is 0.00393. The Morgan fingerprint density at radius 3 is 2.52 bits per heavy atom. The van der Waals surface area contributed by atoms with Crippen LogP contribution in [0.2, 0.25) is 0 Å². The number of anilines is 1. The molecule has 0 aromatic heterocycles. The summed E-state index contributed by atoms with van der Waals surface area (Å²) < 4.78 is 0. The zero-order chi connectivity index (χ0) is 15.0. The molecule has 1 heterocycles. The van der Waals surface area contributed by atoms with Crippen molar-refractivity contribution >= 4 is 17.5 Å². The van der Waals surface area contributed by atoms with E-state index in [4.69, 9.17) is 0 Å². The van der Waals surface area contributed by atoms with Gasteiger partial charge in [0.1, 0.15) is 0 Å². The van der Waals surface area contributed by atoms with Crippen LogP contribution >= 0.6 is 0 Å². The summed E-state index contributed by atoms with van der Waals surface area (Å²) in [5.74, 6) is -0.161. The Kier molecular flexibility index (Phi) is 3.81. The monoisotopic (exact) mass is 286 g/mol. The summed E-state index contributed by atoms with van der Waals surface area (Å²) in [6, 6.07) is 7.99. The van der Waals surface area contributed by atoms with E-state index < -0.39 is 0 Å². The highest BCUT2D eigenvalue weighted by atomic mass is 16.2. The predicted molar refractivity (Wildman–Crippen MR) is 81.9 cm³/mol. The first-order valence-electron chi connectivity index (χ1n) is 7.84. The van der Waals surface area contributed by atoms with Crippen LogP contribution in [0.4, 0.5) is 5.69 Å². The van der Waals surface area contributed by atoms with E-state index in [1.165, 1.54) is 4.90 Å². The van der Waals surface area contributed by atoms with E-state index in [1.54, 1.807) is 0 Å². The zero-order valence-corrected chi connectivity index (χ0v) is 12.6. The zero-order valence-electron chi connectivity index (χ0n) is 12.6. The van der Waals surface area contributed by atoms with Crippen LogP contribution in [0.1, 0.15) is 44.7 Å². The third-order valence-corrected chi connectivity index (χ3v) is 4.73. The fraction of sp³-hybridized carbons (Fsp3) is 0.529. The molecular weight excluding hydrogens is 264 g/mol. The van der Waals surface area contributed by atoms with Crippen LogP contribution < -0.4 is 10.2 Å². The van der Waals surface area contributed by atoms with Crippen molar-refractivity contribution in [1.29, 1.82) is 0 Å². The van der Waals surface area contributed by atoms with Crippen molar-refractivity contribution in [1.82, 2.24) is 5.32 Å². The summed E-state index contributed by atoms with van der Waals surface area (Å²) in [5.41, 5.74) is 1.83. The lowest BCUT2D eigenvalue weighted by Gasteiger charge is -2.19. The number of rotatable bonds is 4. The van der Waals surface area contributed by atoms with E-state index in [0.717, 1.165) is 37.1 Å². The van der Waals surface area contributed by atoms with Gasteiger partial charge in [0.15, 0.2) is 0 Å². The molecule has 1 aromatic rings. The number of carbonyl (C=O) groups excluding carboxylic acids is 2. The standard InChI is InChI=1S/C17H22N2O2/c1-3-18-11(2)12-6-4-7-13(10-12)19-16(20)14-8-5-9-15(14)17(19)21/h4,6-7,10-11,14-15,18H,3,5,8-9H2,1-2H3. The molecule has 3 rings (SSSR count). The SMILES string of the molecule is CCNC(C)c1cccc(N2C(=O)C3CCCC3C2=O)c1. The second kappa shape index (κ2) is 5.60. The number of amides is 2. The highest BCUT2D eigenvalue weighted by molar-refractivity contribution is 6.22. The normalized spacial score (nSPS) is 26.3. The molecule has 0 bridgehead atoms. The second-order valence-corrected chi connectivity index (χ2v) is 6.03. The first-order valence-corrected chi connectivity index (χ1v) is 7.84. The molecule has 3 unspecified atom stereocenters. The van der Waals surface area contributed by atoms with Gasteiger partial charge in [0.05, 0.1) is 17.5 Å². The number of nitrogens with one attached hydrogen (secondary N) is 1. The summed E-state index contributed by atoms with van der Waals surface area (Å²) in [6.07, 6.45) is 2.72. The van der Waals surface area contributed by atoms with Gasteiger partial charge in [-0.25, -0.2) is 0 Å². The average molecular weight is 286 g/mol. The number of hydrogen-bond acceptors (Lipinski definition) is 3. The molecule has 4 nitrogen and oxygen atoms in total. The predicted octanol–water partition coefficient (Wildman–Crippen LogP) is 2.65. The lowest BCUT2D eigenvalue weighted by Crippen LogP contribution is -2.31. The van der Waals surface area contributed by atoms with Crippen LogP contribution in [0.25, 0.3) is 0 Å². The number of hydrogen-bond donors (Lipinski definition) is 1. The van der Waals surface area contributed by atoms with Gasteiger partial charge in [-0.05, 0) is 44.0 Å². The molecule has 1 aliphatic carbocycles. The van der Waals surface area contributed by atoms with Crippen LogP contribution in [0.3, 0.4) is 0 Å². The molecule has 1 N–H and O–H groups in total. The Morgan fingerprint density at radius 2 is 1.90 bits per heavy atom. The molecule has 3 atom stereocenters. The lowest BCUT2D eigenvalue weighted by atomic mass is 10.00. The van der Waals surface area contributed by atoms with Crippen molar-refractivity contribution in [3.05, 3.63) is 29.8 Å². The molecule has 21 heavy (non-hydrogen) atoms. The van der Waals surface area contributed by atoms with Gasteiger partial charge in [-0.3, -0.25) is 14.5 Å². The largest absolute Gasteiger partial charge is 0.310 e. The van der Waals surface area contributed by atoms with Gasteiger partial charge in [0, 0.05) is 6.04 Å². The molecule has 0 radical (unpaired) electrons. The molecule has 4 heteroatoms. The van der Waals surface area contributed by atoms with Crippen molar-refractivity contribution < 1.29 is 9.59 Å². The molecule has 1 saturated heterocycles. The van der Waals surface area contributed by atoms with Crippen LogP contribution in [-0.2, 0) is 9.59 Å². The van der Waals surface area contributed by atoms with E-state index >= 15 is 0 Å². The van der Waals surface area contributed by atoms with Crippen molar-refractivity contribution in [3.63, 3.8) is 0 Å². The Morgan fingerprint density at radius 1 is 1.24 bits per heavy atom. The Hall–Kier alpha value is -1.68. The second-order valence-electron chi connectivity index (χ2n) is 6.03. The maximum absolute atomic E-state index is 12.5. The maximum Gasteiger partial charge on any atom is 0.237 e. The van der Waals surface area contributed by atoms with Gasteiger partial charge >= 0.3 is 0 Å². The van der Waals surface area contributed by atoms with Gasteiger partial charge in [0.25, 0.3) is 0 Å². The molecule has 2 amide bonds. The van der Waals surface area contributed by atoms with Crippen molar-refractivity contribution in [2.75, 3.05) is 11.4 Å². The van der Waals surface area contributed by atoms with Gasteiger partial charge in [-0.15, -0.1) is 0 Å². The first-order chi connectivity index (χ1) is 10.1. The summed E-state index contributed by atoms with van der Waals surface area (Å²) in [4.78, 5) is 26.4. The highest BCUT2D eigenvalue weighted by Gasteiger charge is 2.50. The van der Waals surface area contributed by atoms with Gasteiger partial charge < -0.3 is 5.32 Å². The molecule has 0 spiro atoms. The minimum atomic E-state index is -0.0765. The quantitative estimate of drug-likeness (QED) is 0.866. The fourth-order valence-corrected chi connectivity index (χ4v) is 3.60. The van der Waals surface area contributed by atoms with E-state index in [1.807, 2.05) is 24.3 Å². The van der Waals surface area contributed by atoms with Crippen LogP contribution in [-0.4, -0.2) is 18.4 Å². The number of benzene rings is 1. The Labute approximate surface area is 125 Å². The number of fused-ring (bicyclic) bond motifs is 1. The number of imide groups is 1. The van der Waals surface area contributed by atoms with Crippen LogP contribution in [0, 0.1) is 11.8 Å². The van der Waals surface area contributed by atoms with Crippen LogP contribution in [0.15, 0.2) is 24.3 Å². The van der Waals surface area contributed by atoms with E-state index in [-0.39, 0.29) is 29.7 Å². The highest BCUT2D eigenvalue weighted by Crippen LogP contribution is 2.41. The number of nitrogens with zero attached hydrogens (tertiary/aromatic N) is 1. The molecule has 2 fully saturated rings. The third kappa shape index (κ3) is 2.38.